The van der Waals surface area contributed by atoms with Gasteiger partial charge in [-0.25, -0.2) is 0 Å². The fourth-order valence-corrected chi connectivity index (χ4v) is 5.55. The lowest BCUT2D eigenvalue weighted by Crippen LogP contribution is -2.49. The third-order valence-electron chi connectivity index (χ3n) is 6.92. The Morgan fingerprint density at radius 1 is 0.606 bits per heavy atom. The van der Waals surface area contributed by atoms with Gasteiger partial charge in [-0.05, 0) is 44.5 Å². The lowest BCUT2D eigenvalue weighted by atomic mass is 9.87. The minimum Gasteiger partial charge on any atom is -0.368 e. The summed E-state index contributed by atoms with van der Waals surface area (Å²) < 4.78 is 0. The van der Waals surface area contributed by atoms with E-state index in [9.17, 15) is 9.59 Å². The van der Waals surface area contributed by atoms with Gasteiger partial charge in [-0.2, -0.15) is 0 Å². The summed E-state index contributed by atoms with van der Waals surface area (Å²) in [6, 6.07) is 31.1. The lowest BCUT2D eigenvalue weighted by molar-refractivity contribution is -0.128. The second kappa shape index (κ2) is 7.45. The number of carbonyl (C=O) groups excluding carboxylic acids is 2. The number of rotatable bonds is 4. The van der Waals surface area contributed by atoms with Crippen molar-refractivity contribution in [1.82, 2.24) is 5.32 Å². The van der Waals surface area contributed by atoms with Crippen LogP contribution in [-0.4, -0.2) is 17.9 Å². The molecular weight excluding hydrogens is 408 g/mol. The Morgan fingerprint density at radius 2 is 0.970 bits per heavy atom. The van der Waals surface area contributed by atoms with Crippen molar-refractivity contribution < 1.29 is 9.59 Å². The molecule has 4 aromatic rings. The van der Waals surface area contributed by atoms with Crippen molar-refractivity contribution in [1.29, 1.82) is 0 Å². The quantitative estimate of drug-likeness (QED) is 0.497. The van der Waals surface area contributed by atoms with Crippen LogP contribution in [0.1, 0.15) is 34.1 Å². The third kappa shape index (κ3) is 2.91. The maximum Gasteiger partial charge on any atom is 0.240 e. The molecule has 0 aliphatic heterocycles. The monoisotopic (exact) mass is 430 g/mol. The summed E-state index contributed by atoms with van der Waals surface area (Å²) >= 11 is 0. The molecule has 2 amide bonds. The maximum atomic E-state index is 13.7. The highest BCUT2D eigenvalue weighted by Gasteiger charge is 2.40. The predicted octanol–water partition coefficient (Wildman–Crippen LogP) is 4.58. The summed E-state index contributed by atoms with van der Waals surface area (Å²) in [5.41, 5.74) is 14.1. The average Bonchev–Trinajstić information content (AvgIpc) is 3.36. The second-order valence-corrected chi connectivity index (χ2v) is 8.65. The van der Waals surface area contributed by atoms with Crippen molar-refractivity contribution in [2.24, 2.45) is 5.73 Å². The van der Waals surface area contributed by atoms with Crippen LogP contribution in [0.25, 0.3) is 22.3 Å². The van der Waals surface area contributed by atoms with Crippen molar-refractivity contribution in [2.75, 3.05) is 0 Å². The molecule has 0 bridgehead atoms. The molecule has 0 aromatic heterocycles. The maximum absolute atomic E-state index is 13.7. The summed E-state index contributed by atoms with van der Waals surface area (Å²) in [6.45, 7) is 0. The van der Waals surface area contributed by atoms with E-state index in [4.69, 9.17) is 5.73 Å². The van der Waals surface area contributed by atoms with E-state index in [-0.39, 0.29) is 11.8 Å². The molecule has 4 nitrogen and oxygen atoms in total. The van der Waals surface area contributed by atoms with E-state index in [1.165, 1.54) is 0 Å². The van der Waals surface area contributed by atoms with E-state index in [1.807, 2.05) is 84.9 Å². The third-order valence-corrected chi connectivity index (χ3v) is 6.92. The predicted molar refractivity (Wildman–Crippen MR) is 129 cm³/mol. The molecule has 0 radical (unpaired) electrons. The van der Waals surface area contributed by atoms with Crippen LogP contribution in [0.15, 0.2) is 97.1 Å². The number of primary amides is 1. The Hall–Kier alpha value is -4.18. The van der Waals surface area contributed by atoms with Crippen LogP contribution in [0.4, 0.5) is 0 Å². The van der Waals surface area contributed by atoms with Gasteiger partial charge < -0.3 is 11.1 Å². The van der Waals surface area contributed by atoms with Crippen molar-refractivity contribution in [2.45, 2.75) is 17.9 Å². The zero-order valence-electron chi connectivity index (χ0n) is 17.9. The second-order valence-electron chi connectivity index (χ2n) is 8.65. The van der Waals surface area contributed by atoms with Crippen LogP contribution in [0.3, 0.4) is 0 Å². The highest BCUT2D eigenvalue weighted by atomic mass is 16.2. The van der Waals surface area contributed by atoms with Crippen LogP contribution < -0.4 is 11.1 Å². The number of amides is 2. The number of hydrogen-bond donors (Lipinski definition) is 2. The van der Waals surface area contributed by atoms with Gasteiger partial charge >= 0.3 is 0 Å². The molecule has 4 aromatic carbocycles. The van der Waals surface area contributed by atoms with Gasteiger partial charge in [0.05, 0.1) is 5.92 Å². The lowest BCUT2D eigenvalue weighted by Gasteiger charge is -2.26. The summed E-state index contributed by atoms with van der Waals surface area (Å²) in [4.78, 5) is 26.5. The van der Waals surface area contributed by atoms with Gasteiger partial charge in [-0.1, -0.05) is 97.1 Å². The zero-order valence-corrected chi connectivity index (χ0v) is 17.9. The van der Waals surface area contributed by atoms with Crippen molar-refractivity contribution in [3.8, 4) is 22.3 Å². The molecule has 2 aliphatic rings. The van der Waals surface area contributed by atoms with Crippen LogP contribution in [0.2, 0.25) is 0 Å². The average molecular weight is 431 g/mol. The normalized spacial score (nSPS) is 14.7. The number of carbonyl (C=O) groups is 2. The van der Waals surface area contributed by atoms with Gasteiger partial charge in [0.15, 0.2) is 0 Å². The minimum absolute atomic E-state index is 0.210. The van der Waals surface area contributed by atoms with E-state index in [0.29, 0.717) is 0 Å². The topological polar surface area (TPSA) is 72.2 Å². The molecule has 0 unspecified atom stereocenters. The molecule has 160 valence electrons. The van der Waals surface area contributed by atoms with E-state index in [1.54, 1.807) is 0 Å². The van der Waals surface area contributed by atoms with Gasteiger partial charge in [-0.15, -0.1) is 0 Å². The molecule has 3 N–H and O–H groups in total. The van der Waals surface area contributed by atoms with Gasteiger partial charge in [0.1, 0.15) is 6.04 Å². The Kier molecular flexibility index (Phi) is 4.40. The summed E-state index contributed by atoms with van der Waals surface area (Å²) in [6.07, 6.45) is 0. The highest BCUT2D eigenvalue weighted by molar-refractivity contribution is 5.99. The fourth-order valence-electron chi connectivity index (χ4n) is 5.55. The van der Waals surface area contributed by atoms with Crippen LogP contribution >= 0.6 is 0 Å². The van der Waals surface area contributed by atoms with E-state index >= 15 is 0 Å². The Morgan fingerprint density at radius 3 is 1.39 bits per heavy atom. The first-order valence-corrected chi connectivity index (χ1v) is 11.1. The van der Waals surface area contributed by atoms with Crippen LogP contribution in [-0.2, 0) is 9.59 Å². The number of benzene rings is 4. The van der Waals surface area contributed by atoms with E-state index in [0.717, 1.165) is 44.5 Å². The van der Waals surface area contributed by atoms with E-state index < -0.39 is 17.9 Å². The summed E-state index contributed by atoms with van der Waals surface area (Å²) in [7, 11) is 0. The van der Waals surface area contributed by atoms with Crippen molar-refractivity contribution in [3.63, 3.8) is 0 Å². The first-order chi connectivity index (χ1) is 16.1. The smallest absolute Gasteiger partial charge is 0.240 e. The van der Waals surface area contributed by atoms with Crippen LogP contribution in [0.5, 0.6) is 0 Å². The van der Waals surface area contributed by atoms with Gasteiger partial charge in [0.2, 0.25) is 11.8 Å². The summed E-state index contributed by atoms with van der Waals surface area (Å²) in [5.74, 6) is -1.56. The first kappa shape index (κ1) is 19.5. The largest absolute Gasteiger partial charge is 0.368 e. The number of nitrogens with two attached hydrogens (primary N) is 1. The molecule has 33 heavy (non-hydrogen) atoms. The Balaban J connectivity index is 1.42. The summed E-state index contributed by atoms with van der Waals surface area (Å²) in [5, 5.41) is 3.05. The standard InChI is InChI=1S/C29H22N2O2/c30-28(32)27(25-21-13-5-1-9-17(21)18-10-2-6-14-22(18)25)31-29(33)26-23-15-7-3-11-19(23)20-12-4-8-16-24(20)26/h1-16,25-27H,(H2,30,32)(H,31,33)/t27-/m1/s1. The van der Waals surface area contributed by atoms with Crippen molar-refractivity contribution in [3.05, 3.63) is 119 Å². The number of fused-ring (bicyclic) bond motifs is 6. The van der Waals surface area contributed by atoms with Crippen LogP contribution in [0, 0.1) is 0 Å². The zero-order chi connectivity index (χ0) is 22.5. The fraction of sp³-hybridized carbons (Fsp3) is 0.103. The Bertz CT molecular complexity index is 1330. The van der Waals surface area contributed by atoms with E-state index in [2.05, 4.69) is 17.4 Å². The minimum atomic E-state index is -0.859. The number of hydrogen-bond acceptors (Lipinski definition) is 2. The SMILES string of the molecule is NC(=O)[C@H](NC(=O)C1c2ccccc2-c2ccccc21)C1c2ccccc2-c2ccccc21. The molecule has 2 aliphatic carbocycles. The molecule has 0 spiro atoms. The molecule has 6 rings (SSSR count). The van der Waals surface area contributed by atoms with Gasteiger partial charge in [0, 0.05) is 5.92 Å². The highest BCUT2D eigenvalue weighted by Crippen LogP contribution is 2.47. The molecule has 0 saturated heterocycles. The molecule has 0 fully saturated rings. The number of nitrogens with one attached hydrogen (secondary N) is 1. The van der Waals surface area contributed by atoms with Gasteiger partial charge in [0.25, 0.3) is 0 Å². The molecule has 1 atom stereocenters. The first-order valence-electron chi connectivity index (χ1n) is 11.1. The molecule has 0 saturated carbocycles. The van der Waals surface area contributed by atoms with Crippen molar-refractivity contribution >= 4 is 11.8 Å². The molecule has 4 heteroatoms. The molecule has 0 heterocycles. The Labute approximate surface area is 192 Å². The molecular formula is C29H22N2O2. The van der Waals surface area contributed by atoms with Gasteiger partial charge in [-0.3, -0.25) is 9.59 Å².